The molecule has 1 atom stereocenters. The average Bonchev–Trinajstić information content (AvgIpc) is 2.56. The Balaban J connectivity index is 2.79. The van der Waals surface area contributed by atoms with Gasteiger partial charge in [0, 0.05) is 32.3 Å². The van der Waals surface area contributed by atoms with Crippen molar-refractivity contribution in [3.8, 4) is 11.5 Å². The van der Waals surface area contributed by atoms with Gasteiger partial charge in [-0.15, -0.1) is 0 Å². The Labute approximate surface area is 151 Å². The first-order valence-corrected chi connectivity index (χ1v) is 8.54. The van der Waals surface area contributed by atoms with Crippen LogP contribution in [0.1, 0.15) is 26.3 Å². The van der Waals surface area contributed by atoms with Crippen LogP contribution in [-0.4, -0.2) is 69.3 Å². The molecule has 1 rings (SSSR count). The standard InChI is InChI=1S/C19H33NO5/c1-19(2,3)25-14-16(21)13-20(10-11-22-4)12-15-8-7-9-17(23-5)18(15)24-6/h7-9,16,21H,10-14H2,1-6H3/t16-/m1/s1. The van der Waals surface area contributed by atoms with Crippen LogP contribution in [0, 0.1) is 0 Å². The van der Waals surface area contributed by atoms with E-state index in [-0.39, 0.29) is 5.60 Å². The van der Waals surface area contributed by atoms with E-state index in [0.29, 0.717) is 44.3 Å². The third-order valence-electron chi connectivity index (χ3n) is 3.67. The van der Waals surface area contributed by atoms with Crippen LogP contribution >= 0.6 is 0 Å². The molecule has 1 N–H and O–H groups in total. The van der Waals surface area contributed by atoms with E-state index in [0.717, 1.165) is 5.56 Å². The summed E-state index contributed by atoms with van der Waals surface area (Å²) in [6.07, 6.45) is -0.576. The highest BCUT2D eigenvalue weighted by molar-refractivity contribution is 5.46. The Morgan fingerprint density at radius 1 is 1.12 bits per heavy atom. The Bertz CT molecular complexity index is 501. The molecule has 0 saturated carbocycles. The lowest BCUT2D eigenvalue weighted by atomic mass is 10.1. The van der Waals surface area contributed by atoms with Crippen molar-refractivity contribution in [1.29, 1.82) is 0 Å². The SMILES string of the molecule is COCCN(Cc1cccc(OC)c1OC)C[C@@H](O)COC(C)(C)C. The highest BCUT2D eigenvalue weighted by atomic mass is 16.5. The summed E-state index contributed by atoms with van der Waals surface area (Å²) in [4.78, 5) is 2.12. The van der Waals surface area contributed by atoms with Crippen molar-refractivity contribution < 1.29 is 24.1 Å². The Morgan fingerprint density at radius 2 is 1.84 bits per heavy atom. The molecule has 144 valence electrons. The molecule has 0 heterocycles. The predicted octanol–water partition coefficient (Wildman–Crippen LogP) is 2.33. The summed E-state index contributed by atoms with van der Waals surface area (Å²) < 4.78 is 21.7. The van der Waals surface area contributed by atoms with E-state index < -0.39 is 6.10 Å². The van der Waals surface area contributed by atoms with Gasteiger partial charge in [-0.05, 0) is 26.8 Å². The maximum absolute atomic E-state index is 10.3. The van der Waals surface area contributed by atoms with Crippen LogP contribution in [-0.2, 0) is 16.0 Å². The van der Waals surface area contributed by atoms with Gasteiger partial charge in [-0.1, -0.05) is 12.1 Å². The number of hydrogen-bond donors (Lipinski definition) is 1. The van der Waals surface area contributed by atoms with E-state index in [2.05, 4.69) is 4.90 Å². The summed E-state index contributed by atoms with van der Waals surface area (Å²) in [5, 5.41) is 10.3. The van der Waals surface area contributed by atoms with Crippen molar-refractivity contribution >= 4 is 0 Å². The number of hydrogen-bond acceptors (Lipinski definition) is 6. The van der Waals surface area contributed by atoms with E-state index in [1.54, 1.807) is 21.3 Å². The maximum atomic E-state index is 10.3. The van der Waals surface area contributed by atoms with E-state index in [9.17, 15) is 5.11 Å². The zero-order valence-electron chi connectivity index (χ0n) is 16.4. The fourth-order valence-corrected chi connectivity index (χ4v) is 2.47. The molecule has 0 aliphatic carbocycles. The lowest BCUT2D eigenvalue weighted by molar-refractivity contribution is -0.0577. The summed E-state index contributed by atoms with van der Waals surface area (Å²) in [5.41, 5.74) is 0.732. The van der Waals surface area contributed by atoms with Gasteiger partial charge in [-0.3, -0.25) is 4.90 Å². The fraction of sp³-hybridized carbons (Fsp3) is 0.684. The van der Waals surface area contributed by atoms with Crippen molar-refractivity contribution in [3.05, 3.63) is 23.8 Å². The van der Waals surface area contributed by atoms with Crippen molar-refractivity contribution in [2.75, 3.05) is 47.6 Å². The Kier molecular flexibility index (Phi) is 9.21. The Hall–Kier alpha value is -1.34. The van der Waals surface area contributed by atoms with Gasteiger partial charge in [-0.25, -0.2) is 0 Å². The van der Waals surface area contributed by atoms with Gasteiger partial charge in [0.1, 0.15) is 0 Å². The first kappa shape index (κ1) is 21.7. The predicted molar refractivity (Wildman–Crippen MR) is 98.4 cm³/mol. The van der Waals surface area contributed by atoms with Crippen LogP contribution < -0.4 is 9.47 Å². The lowest BCUT2D eigenvalue weighted by Gasteiger charge is -2.28. The van der Waals surface area contributed by atoms with Gasteiger partial charge in [0.2, 0.25) is 0 Å². The third-order valence-corrected chi connectivity index (χ3v) is 3.67. The number of ether oxygens (including phenoxy) is 4. The largest absolute Gasteiger partial charge is 0.493 e. The molecule has 0 saturated heterocycles. The van der Waals surface area contributed by atoms with Crippen LogP contribution in [0.2, 0.25) is 0 Å². The van der Waals surface area contributed by atoms with E-state index in [1.165, 1.54) is 0 Å². The molecule has 0 unspecified atom stereocenters. The molecular weight excluding hydrogens is 322 g/mol. The van der Waals surface area contributed by atoms with E-state index in [1.807, 2.05) is 39.0 Å². The van der Waals surface area contributed by atoms with Crippen LogP contribution in [0.3, 0.4) is 0 Å². The molecule has 0 fully saturated rings. The van der Waals surface area contributed by atoms with Crippen molar-refractivity contribution in [1.82, 2.24) is 4.90 Å². The minimum Gasteiger partial charge on any atom is -0.493 e. The fourth-order valence-electron chi connectivity index (χ4n) is 2.47. The second-order valence-corrected chi connectivity index (χ2v) is 6.96. The second-order valence-electron chi connectivity index (χ2n) is 6.96. The number of rotatable bonds is 11. The zero-order valence-corrected chi connectivity index (χ0v) is 16.4. The number of aliphatic hydroxyl groups excluding tert-OH is 1. The lowest BCUT2D eigenvalue weighted by Crippen LogP contribution is -2.38. The van der Waals surface area contributed by atoms with Gasteiger partial charge < -0.3 is 24.1 Å². The second kappa shape index (κ2) is 10.6. The number of aliphatic hydroxyl groups is 1. The molecule has 1 aromatic carbocycles. The molecular formula is C19H33NO5. The monoisotopic (exact) mass is 355 g/mol. The van der Waals surface area contributed by atoms with Crippen molar-refractivity contribution in [3.63, 3.8) is 0 Å². The quantitative estimate of drug-likeness (QED) is 0.657. The number of para-hydroxylation sites is 1. The van der Waals surface area contributed by atoms with Gasteiger partial charge in [0.25, 0.3) is 0 Å². The summed E-state index contributed by atoms with van der Waals surface area (Å²) in [7, 11) is 4.92. The molecule has 0 amide bonds. The van der Waals surface area contributed by atoms with Crippen molar-refractivity contribution in [2.45, 2.75) is 39.0 Å². The molecule has 0 aromatic heterocycles. The maximum Gasteiger partial charge on any atom is 0.165 e. The van der Waals surface area contributed by atoms with Crippen LogP contribution in [0.4, 0.5) is 0 Å². The van der Waals surface area contributed by atoms with E-state index in [4.69, 9.17) is 18.9 Å². The van der Waals surface area contributed by atoms with Gasteiger partial charge in [0.05, 0.1) is 39.1 Å². The zero-order chi connectivity index (χ0) is 18.9. The molecule has 6 heteroatoms. The van der Waals surface area contributed by atoms with Gasteiger partial charge in [0.15, 0.2) is 11.5 Å². The van der Waals surface area contributed by atoms with Crippen LogP contribution in [0.15, 0.2) is 18.2 Å². The molecule has 0 spiro atoms. The van der Waals surface area contributed by atoms with Crippen molar-refractivity contribution in [2.24, 2.45) is 0 Å². The molecule has 0 aliphatic rings. The minimum atomic E-state index is -0.576. The summed E-state index contributed by atoms with van der Waals surface area (Å²) in [6.45, 7) is 8.61. The first-order chi connectivity index (χ1) is 11.8. The van der Waals surface area contributed by atoms with Crippen LogP contribution in [0.25, 0.3) is 0 Å². The molecule has 0 bridgehead atoms. The molecule has 0 aliphatic heterocycles. The summed E-state index contributed by atoms with van der Waals surface area (Å²) in [5.74, 6) is 1.41. The molecule has 25 heavy (non-hydrogen) atoms. The number of nitrogens with zero attached hydrogens (tertiary/aromatic N) is 1. The molecule has 0 radical (unpaired) electrons. The van der Waals surface area contributed by atoms with Crippen LogP contribution in [0.5, 0.6) is 11.5 Å². The smallest absolute Gasteiger partial charge is 0.165 e. The van der Waals surface area contributed by atoms with E-state index >= 15 is 0 Å². The summed E-state index contributed by atoms with van der Waals surface area (Å²) >= 11 is 0. The average molecular weight is 355 g/mol. The first-order valence-electron chi connectivity index (χ1n) is 8.54. The highest BCUT2D eigenvalue weighted by Gasteiger charge is 2.18. The third kappa shape index (κ3) is 8.05. The van der Waals surface area contributed by atoms with Gasteiger partial charge >= 0.3 is 0 Å². The van der Waals surface area contributed by atoms with Gasteiger partial charge in [-0.2, -0.15) is 0 Å². The number of benzene rings is 1. The number of methoxy groups -OCH3 is 3. The topological polar surface area (TPSA) is 60.4 Å². The minimum absolute atomic E-state index is 0.269. The summed E-state index contributed by atoms with van der Waals surface area (Å²) in [6, 6.07) is 5.80. The normalized spacial score (nSPS) is 13.1. The highest BCUT2D eigenvalue weighted by Crippen LogP contribution is 2.31. The Morgan fingerprint density at radius 3 is 2.40 bits per heavy atom. The molecule has 1 aromatic rings. The molecule has 6 nitrogen and oxygen atoms in total.